The van der Waals surface area contributed by atoms with E-state index in [9.17, 15) is 8.78 Å². The molecule has 1 aromatic carbocycles. The third-order valence-corrected chi connectivity index (χ3v) is 4.22. The average Bonchev–Trinajstić information content (AvgIpc) is 2.89. The van der Waals surface area contributed by atoms with Crippen LogP contribution in [0.5, 0.6) is 0 Å². The van der Waals surface area contributed by atoms with Crippen LogP contribution in [-0.4, -0.2) is 25.3 Å². The quantitative estimate of drug-likeness (QED) is 0.787. The summed E-state index contributed by atoms with van der Waals surface area (Å²) in [6.45, 7) is 1.29. The van der Waals surface area contributed by atoms with Gasteiger partial charge in [-0.15, -0.1) is 0 Å². The fourth-order valence-electron chi connectivity index (χ4n) is 2.77. The normalized spacial score (nSPS) is 19.3. The highest BCUT2D eigenvalue weighted by Crippen LogP contribution is 2.52. The van der Waals surface area contributed by atoms with Crippen molar-refractivity contribution in [1.82, 2.24) is 24.6 Å². The zero-order chi connectivity index (χ0) is 16.0. The van der Waals surface area contributed by atoms with E-state index in [1.165, 1.54) is 4.68 Å². The van der Waals surface area contributed by atoms with E-state index in [0.717, 1.165) is 22.2 Å². The Morgan fingerprint density at radius 1 is 1.30 bits per heavy atom. The molecule has 2 heterocycles. The van der Waals surface area contributed by atoms with E-state index in [2.05, 4.69) is 27.5 Å². The zero-order valence-electron chi connectivity index (χ0n) is 12.7. The van der Waals surface area contributed by atoms with E-state index in [1.54, 1.807) is 18.7 Å². The first kappa shape index (κ1) is 14.3. The second kappa shape index (κ2) is 5.13. The van der Waals surface area contributed by atoms with Gasteiger partial charge in [-0.25, -0.2) is 13.8 Å². The Balaban J connectivity index is 1.36. The van der Waals surface area contributed by atoms with Crippen LogP contribution in [0.2, 0.25) is 0 Å². The van der Waals surface area contributed by atoms with Crippen molar-refractivity contribution in [2.24, 2.45) is 7.05 Å². The molecule has 2 aromatic heterocycles. The predicted molar refractivity (Wildman–Crippen MR) is 82.1 cm³/mol. The Bertz CT molecular complexity index is 851. The lowest BCUT2D eigenvalue weighted by Gasteiger charge is -2.04. The van der Waals surface area contributed by atoms with Gasteiger partial charge < -0.3 is 9.88 Å². The molecule has 1 aliphatic rings. The van der Waals surface area contributed by atoms with Gasteiger partial charge in [-0.2, -0.15) is 5.10 Å². The number of nitrogens with one attached hydrogen (secondary N) is 1. The third-order valence-electron chi connectivity index (χ3n) is 4.22. The number of hydrogen-bond donors (Lipinski definition) is 1. The summed E-state index contributed by atoms with van der Waals surface area (Å²) in [6.07, 6.45) is 5.03. The summed E-state index contributed by atoms with van der Waals surface area (Å²) in [4.78, 5) is 4.34. The molecule has 1 fully saturated rings. The Kier molecular flexibility index (Phi) is 3.19. The van der Waals surface area contributed by atoms with Gasteiger partial charge in [0.2, 0.25) is 0 Å². The summed E-state index contributed by atoms with van der Waals surface area (Å²) >= 11 is 0. The monoisotopic (exact) mass is 317 g/mol. The van der Waals surface area contributed by atoms with Crippen LogP contribution >= 0.6 is 0 Å². The highest BCUT2D eigenvalue weighted by Gasteiger charge is 2.59. The second-order valence-electron chi connectivity index (χ2n) is 6.09. The summed E-state index contributed by atoms with van der Waals surface area (Å²) in [6, 6.07) is 5.40. The highest BCUT2D eigenvalue weighted by molar-refractivity contribution is 5.75. The summed E-state index contributed by atoms with van der Waals surface area (Å²) in [5, 5.41) is 7.33. The van der Waals surface area contributed by atoms with E-state index in [0.29, 0.717) is 13.1 Å². The summed E-state index contributed by atoms with van der Waals surface area (Å²) in [5.74, 6) is -2.59. The van der Waals surface area contributed by atoms with Crippen molar-refractivity contribution >= 4 is 11.0 Å². The Morgan fingerprint density at radius 3 is 2.87 bits per heavy atom. The van der Waals surface area contributed by atoms with E-state index in [-0.39, 0.29) is 6.42 Å². The smallest absolute Gasteiger partial charge is 0.272 e. The number of fused-ring (bicyclic) bond motifs is 1. The average molecular weight is 317 g/mol. The third kappa shape index (κ3) is 2.72. The van der Waals surface area contributed by atoms with Crippen LogP contribution in [0.25, 0.3) is 11.0 Å². The van der Waals surface area contributed by atoms with Crippen molar-refractivity contribution < 1.29 is 8.78 Å². The first-order valence-corrected chi connectivity index (χ1v) is 7.54. The first-order valence-electron chi connectivity index (χ1n) is 7.54. The molecule has 3 aromatic rings. The van der Waals surface area contributed by atoms with Gasteiger partial charge in [-0.3, -0.25) is 4.68 Å². The lowest BCUT2D eigenvalue weighted by molar-refractivity contribution is 0.0983. The van der Waals surface area contributed by atoms with E-state index < -0.39 is 12.0 Å². The molecule has 1 aliphatic carbocycles. The maximum atomic E-state index is 13.0. The molecule has 23 heavy (non-hydrogen) atoms. The molecule has 0 spiro atoms. The number of alkyl halides is 2. The highest BCUT2D eigenvalue weighted by atomic mass is 19.3. The van der Waals surface area contributed by atoms with Crippen molar-refractivity contribution in [3.63, 3.8) is 0 Å². The van der Waals surface area contributed by atoms with Crippen LogP contribution in [0, 0.1) is 0 Å². The molecular formula is C16H17F2N5. The lowest BCUT2D eigenvalue weighted by atomic mass is 10.2. The maximum Gasteiger partial charge on any atom is 0.272 e. The van der Waals surface area contributed by atoms with Gasteiger partial charge in [-0.05, 0) is 17.7 Å². The van der Waals surface area contributed by atoms with Crippen LogP contribution in [-0.2, 0) is 20.1 Å². The summed E-state index contributed by atoms with van der Waals surface area (Å²) in [7, 11) is 1.97. The van der Waals surface area contributed by atoms with E-state index >= 15 is 0 Å². The number of aryl methyl sites for hydroxylation is 1. The topological polar surface area (TPSA) is 47.7 Å². The first-order chi connectivity index (χ1) is 11.0. The number of nitrogens with zero attached hydrogens (tertiary/aromatic N) is 4. The second-order valence-corrected chi connectivity index (χ2v) is 6.09. The molecule has 0 saturated heterocycles. The molecule has 4 rings (SSSR count). The van der Waals surface area contributed by atoms with Gasteiger partial charge in [0.15, 0.2) is 0 Å². The molecule has 1 saturated carbocycles. The Labute approximate surface area is 131 Å². The Hall–Kier alpha value is -2.28. The number of aromatic nitrogens is 4. The van der Waals surface area contributed by atoms with Crippen LogP contribution in [0.3, 0.4) is 0 Å². The van der Waals surface area contributed by atoms with Crippen molar-refractivity contribution in [2.45, 2.75) is 31.5 Å². The van der Waals surface area contributed by atoms with Gasteiger partial charge in [0.05, 0.1) is 23.6 Å². The van der Waals surface area contributed by atoms with Gasteiger partial charge in [0.1, 0.15) is 6.04 Å². The molecule has 0 amide bonds. The van der Waals surface area contributed by atoms with Crippen molar-refractivity contribution in [3.05, 3.63) is 48.0 Å². The largest absolute Gasteiger partial charge is 0.334 e. The van der Waals surface area contributed by atoms with Gasteiger partial charge in [-0.1, -0.05) is 6.07 Å². The minimum atomic E-state index is -2.59. The molecule has 1 N–H and O–H groups in total. The van der Waals surface area contributed by atoms with E-state index in [4.69, 9.17) is 0 Å². The molecular weight excluding hydrogens is 300 g/mol. The number of halogens is 2. The predicted octanol–water partition coefficient (Wildman–Crippen LogP) is 2.64. The molecule has 5 nitrogen and oxygen atoms in total. The van der Waals surface area contributed by atoms with Crippen LogP contribution in [0.4, 0.5) is 8.78 Å². The van der Waals surface area contributed by atoms with Gasteiger partial charge in [0, 0.05) is 38.3 Å². The molecule has 0 bridgehead atoms. The van der Waals surface area contributed by atoms with Crippen molar-refractivity contribution in [3.8, 4) is 0 Å². The molecule has 120 valence electrons. The number of benzene rings is 1. The lowest BCUT2D eigenvalue weighted by Crippen LogP contribution is -2.12. The standard InChI is InChI=1S/C16H17F2N5/c1-22-10-20-13-4-11(2-3-14(13)22)6-19-7-12-8-21-23(9-12)15-5-16(15,17)18/h2-4,8-10,15,19H,5-7H2,1H3. The summed E-state index contributed by atoms with van der Waals surface area (Å²) in [5.41, 5.74) is 4.11. The SMILES string of the molecule is Cn1cnc2cc(CNCc3cnn(C4CC4(F)F)c3)ccc21. The van der Waals surface area contributed by atoms with Gasteiger partial charge >= 0.3 is 0 Å². The number of rotatable bonds is 5. The minimum Gasteiger partial charge on any atom is -0.334 e. The van der Waals surface area contributed by atoms with Crippen LogP contribution < -0.4 is 5.32 Å². The minimum absolute atomic E-state index is 0.106. The summed E-state index contributed by atoms with van der Waals surface area (Å²) < 4.78 is 29.4. The van der Waals surface area contributed by atoms with Crippen molar-refractivity contribution in [2.75, 3.05) is 0 Å². The number of hydrogen-bond acceptors (Lipinski definition) is 3. The molecule has 0 aliphatic heterocycles. The molecule has 0 radical (unpaired) electrons. The van der Waals surface area contributed by atoms with Crippen molar-refractivity contribution in [1.29, 1.82) is 0 Å². The molecule has 7 heteroatoms. The molecule has 1 unspecified atom stereocenters. The fourth-order valence-corrected chi connectivity index (χ4v) is 2.77. The Morgan fingerprint density at radius 2 is 2.09 bits per heavy atom. The van der Waals surface area contributed by atoms with E-state index in [1.807, 2.05) is 17.7 Å². The molecule has 1 atom stereocenters. The fraction of sp³-hybridized carbons (Fsp3) is 0.375. The van der Waals surface area contributed by atoms with Gasteiger partial charge in [0.25, 0.3) is 5.92 Å². The van der Waals surface area contributed by atoms with Crippen LogP contribution in [0.1, 0.15) is 23.6 Å². The number of imidazole rings is 1. The maximum absolute atomic E-state index is 13.0. The van der Waals surface area contributed by atoms with Crippen LogP contribution in [0.15, 0.2) is 36.9 Å². The zero-order valence-corrected chi connectivity index (χ0v) is 12.7.